The van der Waals surface area contributed by atoms with Gasteiger partial charge < -0.3 is 4.90 Å². The van der Waals surface area contributed by atoms with E-state index in [1.54, 1.807) is 4.90 Å². The Morgan fingerprint density at radius 2 is 2.08 bits per heavy atom. The minimum Gasteiger partial charge on any atom is -0.342 e. The van der Waals surface area contributed by atoms with E-state index in [1.807, 2.05) is 14.0 Å². The quantitative estimate of drug-likeness (QED) is 0.700. The fourth-order valence-corrected chi connectivity index (χ4v) is 1.17. The fraction of sp³-hybridized carbons (Fsp3) is 0.500. The van der Waals surface area contributed by atoms with Crippen molar-refractivity contribution < 1.29 is 4.39 Å². The number of halogens is 2. The topological polar surface area (TPSA) is 29.0 Å². The molecule has 0 bridgehead atoms. The van der Waals surface area contributed by atoms with Gasteiger partial charge in [0.2, 0.25) is 5.95 Å². The predicted octanol–water partition coefficient (Wildman–Crippen LogP) is 1.68. The zero-order valence-corrected chi connectivity index (χ0v) is 8.29. The lowest BCUT2D eigenvalue weighted by Gasteiger charge is -2.17. The molecule has 1 heterocycles. The van der Waals surface area contributed by atoms with Crippen molar-refractivity contribution in [3.8, 4) is 0 Å². The maximum Gasteiger partial charge on any atom is 0.225 e. The highest BCUT2D eigenvalue weighted by molar-refractivity contribution is 6.20. The smallest absolute Gasteiger partial charge is 0.225 e. The highest BCUT2D eigenvalue weighted by Crippen LogP contribution is 2.06. The standard InChI is InChI=1S/C8H11ClFN3/c1-6(9)5-13(2)8-11-3-7(10)4-12-8/h3-4,6H,5H2,1-2H3. The van der Waals surface area contributed by atoms with Gasteiger partial charge in [-0.2, -0.15) is 0 Å². The molecule has 0 radical (unpaired) electrons. The highest BCUT2D eigenvalue weighted by Gasteiger charge is 2.06. The minimum atomic E-state index is -0.434. The first-order valence-electron chi connectivity index (χ1n) is 3.92. The van der Waals surface area contributed by atoms with E-state index in [-0.39, 0.29) is 5.38 Å². The number of anilines is 1. The van der Waals surface area contributed by atoms with Crippen LogP contribution in [0.1, 0.15) is 6.92 Å². The molecule has 0 N–H and O–H groups in total. The molecule has 0 aliphatic carbocycles. The third kappa shape index (κ3) is 3.14. The molecule has 1 unspecified atom stereocenters. The largest absolute Gasteiger partial charge is 0.342 e. The van der Waals surface area contributed by atoms with E-state index in [0.717, 1.165) is 12.4 Å². The maximum absolute atomic E-state index is 12.4. The van der Waals surface area contributed by atoms with Crippen LogP contribution in [0.5, 0.6) is 0 Å². The van der Waals surface area contributed by atoms with E-state index in [9.17, 15) is 4.39 Å². The average molecular weight is 204 g/mol. The molecule has 0 spiro atoms. The second-order valence-electron chi connectivity index (χ2n) is 2.86. The Labute approximate surface area is 81.6 Å². The van der Waals surface area contributed by atoms with Gasteiger partial charge in [0.15, 0.2) is 5.82 Å². The third-order valence-corrected chi connectivity index (χ3v) is 1.61. The summed E-state index contributed by atoms with van der Waals surface area (Å²) in [5, 5.41) is 0.0126. The highest BCUT2D eigenvalue weighted by atomic mass is 35.5. The molecule has 13 heavy (non-hydrogen) atoms. The van der Waals surface area contributed by atoms with Crippen LogP contribution in [0.3, 0.4) is 0 Å². The van der Waals surface area contributed by atoms with Crippen molar-refractivity contribution >= 4 is 17.5 Å². The summed E-state index contributed by atoms with van der Waals surface area (Å²) in [6.45, 7) is 2.51. The molecule has 1 atom stereocenters. The number of rotatable bonds is 3. The minimum absolute atomic E-state index is 0.0126. The molecule has 0 aliphatic rings. The molecule has 0 aliphatic heterocycles. The number of hydrogen-bond acceptors (Lipinski definition) is 3. The zero-order chi connectivity index (χ0) is 9.84. The molecule has 5 heteroatoms. The molecule has 0 fully saturated rings. The molecule has 0 amide bonds. The van der Waals surface area contributed by atoms with Crippen molar-refractivity contribution in [3.63, 3.8) is 0 Å². The van der Waals surface area contributed by atoms with Gasteiger partial charge in [-0.3, -0.25) is 0 Å². The van der Waals surface area contributed by atoms with Crippen LogP contribution in [0.15, 0.2) is 12.4 Å². The molecular formula is C8H11ClFN3. The van der Waals surface area contributed by atoms with Gasteiger partial charge in [0.25, 0.3) is 0 Å². The first kappa shape index (κ1) is 10.2. The van der Waals surface area contributed by atoms with Crippen LogP contribution in [-0.2, 0) is 0 Å². The van der Waals surface area contributed by atoms with E-state index in [4.69, 9.17) is 11.6 Å². The number of nitrogens with zero attached hydrogens (tertiary/aromatic N) is 3. The Hall–Kier alpha value is -0.900. The van der Waals surface area contributed by atoms with E-state index in [1.165, 1.54) is 0 Å². The Bertz CT molecular complexity index is 263. The second kappa shape index (κ2) is 4.37. The Balaban J connectivity index is 2.66. The number of aromatic nitrogens is 2. The van der Waals surface area contributed by atoms with Crippen molar-refractivity contribution in [2.75, 3.05) is 18.5 Å². The van der Waals surface area contributed by atoms with Crippen molar-refractivity contribution in [2.45, 2.75) is 12.3 Å². The van der Waals surface area contributed by atoms with Gasteiger partial charge in [0.1, 0.15) is 0 Å². The second-order valence-corrected chi connectivity index (χ2v) is 3.61. The van der Waals surface area contributed by atoms with Crippen LogP contribution in [0, 0.1) is 5.82 Å². The summed E-state index contributed by atoms with van der Waals surface area (Å²) in [6, 6.07) is 0. The predicted molar refractivity (Wildman–Crippen MR) is 50.6 cm³/mol. The lowest BCUT2D eigenvalue weighted by Crippen LogP contribution is -2.25. The molecule has 3 nitrogen and oxygen atoms in total. The summed E-state index contributed by atoms with van der Waals surface area (Å²) in [6.07, 6.45) is 2.27. The molecule has 1 rings (SSSR count). The van der Waals surface area contributed by atoms with Gasteiger partial charge in [0.05, 0.1) is 12.4 Å². The van der Waals surface area contributed by atoms with Crippen LogP contribution in [0.25, 0.3) is 0 Å². The zero-order valence-electron chi connectivity index (χ0n) is 7.54. The summed E-state index contributed by atoms with van der Waals surface area (Å²) >= 11 is 5.78. The maximum atomic E-state index is 12.4. The molecule has 0 saturated carbocycles. The Morgan fingerprint density at radius 3 is 2.54 bits per heavy atom. The monoisotopic (exact) mass is 203 g/mol. The summed E-state index contributed by atoms with van der Waals surface area (Å²) in [5.74, 6) is 0.0463. The molecule has 72 valence electrons. The van der Waals surface area contributed by atoms with Gasteiger partial charge in [-0.15, -0.1) is 11.6 Å². The number of alkyl halides is 1. The first-order valence-corrected chi connectivity index (χ1v) is 4.36. The van der Waals surface area contributed by atoms with Gasteiger partial charge in [-0.1, -0.05) is 0 Å². The Kier molecular flexibility index (Phi) is 3.42. The molecule has 0 saturated heterocycles. The van der Waals surface area contributed by atoms with Crippen molar-refractivity contribution in [1.82, 2.24) is 9.97 Å². The van der Waals surface area contributed by atoms with E-state index >= 15 is 0 Å². The van der Waals surface area contributed by atoms with Gasteiger partial charge in [-0.25, -0.2) is 14.4 Å². The summed E-state index contributed by atoms with van der Waals surface area (Å²) in [5.41, 5.74) is 0. The Morgan fingerprint density at radius 1 is 1.54 bits per heavy atom. The van der Waals surface area contributed by atoms with Crippen LogP contribution in [0.4, 0.5) is 10.3 Å². The molecular weight excluding hydrogens is 193 g/mol. The van der Waals surface area contributed by atoms with Crippen molar-refractivity contribution in [1.29, 1.82) is 0 Å². The summed E-state index contributed by atoms with van der Waals surface area (Å²) in [7, 11) is 1.81. The lowest BCUT2D eigenvalue weighted by molar-refractivity contribution is 0.612. The van der Waals surface area contributed by atoms with Gasteiger partial charge >= 0.3 is 0 Å². The van der Waals surface area contributed by atoms with E-state index in [0.29, 0.717) is 12.5 Å². The number of hydrogen-bond donors (Lipinski definition) is 0. The first-order chi connectivity index (χ1) is 6.09. The van der Waals surface area contributed by atoms with Crippen LogP contribution < -0.4 is 4.90 Å². The van der Waals surface area contributed by atoms with Gasteiger partial charge in [-0.05, 0) is 6.92 Å². The van der Waals surface area contributed by atoms with Crippen molar-refractivity contribution in [2.24, 2.45) is 0 Å². The summed E-state index contributed by atoms with van der Waals surface area (Å²) in [4.78, 5) is 9.40. The average Bonchev–Trinajstić information content (AvgIpc) is 2.04. The fourth-order valence-electron chi connectivity index (χ4n) is 0.962. The van der Waals surface area contributed by atoms with Gasteiger partial charge in [0, 0.05) is 19.0 Å². The van der Waals surface area contributed by atoms with Crippen LogP contribution in [0.2, 0.25) is 0 Å². The normalized spacial score (nSPS) is 12.6. The molecule has 1 aromatic rings. The molecule has 1 aromatic heterocycles. The van der Waals surface area contributed by atoms with E-state index < -0.39 is 5.82 Å². The van der Waals surface area contributed by atoms with Crippen molar-refractivity contribution in [3.05, 3.63) is 18.2 Å². The SMILES string of the molecule is CC(Cl)CN(C)c1ncc(F)cn1. The lowest BCUT2D eigenvalue weighted by atomic mass is 10.4. The third-order valence-electron chi connectivity index (χ3n) is 1.47. The molecule has 0 aromatic carbocycles. The van der Waals surface area contributed by atoms with Crippen LogP contribution >= 0.6 is 11.6 Å². The summed E-state index contributed by atoms with van der Waals surface area (Å²) < 4.78 is 12.4. The van der Waals surface area contributed by atoms with E-state index in [2.05, 4.69) is 9.97 Å². The van der Waals surface area contributed by atoms with Crippen LogP contribution in [-0.4, -0.2) is 28.9 Å².